The molecule has 0 heterocycles. The Kier molecular flexibility index (Phi) is 6.86. The van der Waals surface area contributed by atoms with Gasteiger partial charge in [0.25, 0.3) is 0 Å². The van der Waals surface area contributed by atoms with E-state index in [0.29, 0.717) is 6.42 Å². The third-order valence-corrected chi connectivity index (χ3v) is 2.86. The summed E-state index contributed by atoms with van der Waals surface area (Å²) in [6, 6.07) is 0. The van der Waals surface area contributed by atoms with Crippen LogP contribution in [0, 0.1) is 10.7 Å². The van der Waals surface area contributed by atoms with E-state index in [1.807, 2.05) is 62.3 Å². The van der Waals surface area contributed by atoms with Crippen LogP contribution in [0.25, 0.3) is 0 Å². The number of hydrogen-bond donors (Lipinski definition) is 0. The Morgan fingerprint density at radius 2 is 1.43 bits per heavy atom. The van der Waals surface area contributed by atoms with Crippen LogP contribution in [0.3, 0.4) is 0 Å². The van der Waals surface area contributed by atoms with Crippen molar-refractivity contribution in [2.24, 2.45) is 10.2 Å². The predicted molar refractivity (Wildman–Crippen MR) is 86.8 cm³/mol. The highest BCUT2D eigenvalue weighted by Gasteiger charge is 2.36. The molecule has 0 spiro atoms. The molecular formula is C15H29N3O2S. The third-order valence-electron chi connectivity index (χ3n) is 2.10. The molecule has 0 saturated heterocycles. The minimum atomic E-state index is -0.674. The average Bonchev–Trinajstić information content (AvgIpc) is 2.22. The lowest BCUT2D eigenvalue weighted by Gasteiger charge is -2.33. The molecule has 0 aliphatic carbocycles. The van der Waals surface area contributed by atoms with Crippen LogP contribution in [-0.2, 0) is 9.78 Å². The first kappa shape index (κ1) is 20.4. The summed E-state index contributed by atoms with van der Waals surface area (Å²) in [5.74, 6) is 0. The second-order valence-corrected chi connectivity index (χ2v) is 9.22. The smallest absolute Gasteiger partial charge is 0.140 e. The lowest BCUT2D eigenvalue weighted by molar-refractivity contribution is -0.398. The predicted octanol–water partition coefficient (Wildman–Crippen LogP) is 5.08. The lowest BCUT2D eigenvalue weighted by Crippen LogP contribution is -2.37. The van der Waals surface area contributed by atoms with Crippen molar-refractivity contribution in [1.29, 1.82) is 5.26 Å². The highest BCUT2D eigenvalue weighted by molar-refractivity contribution is 8.05. The first-order valence-electron chi connectivity index (χ1n) is 7.06. The molecule has 0 fully saturated rings. The van der Waals surface area contributed by atoms with Crippen molar-refractivity contribution >= 4 is 11.8 Å². The van der Waals surface area contributed by atoms with Crippen LogP contribution in [0.4, 0.5) is 0 Å². The Balaban J connectivity index is 4.98. The molecule has 0 amide bonds. The molecule has 1 unspecified atom stereocenters. The van der Waals surface area contributed by atoms with E-state index in [0.717, 1.165) is 11.8 Å². The highest BCUT2D eigenvalue weighted by Crippen LogP contribution is 2.37. The number of nitrogens with zero attached hydrogens (tertiary/aromatic N) is 3. The summed E-state index contributed by atoms with van der Waals surface area (Å²) in [6.45, 7) is 17.4. The summed E-state index contributed by atoms with van der Waals surface area (Å²) in [7, 11) is 0. The second-order valence-electron chi connectivity index (χ2n) is 7.95. The molecule has 122 valence electrons. The fourth-order valence-corrected chi connectivity index (χ4v) is 2.20. The molecule has 0 aromatic heterocycles. The van der Waals surface area contributed by atoms with E-state index in [1.54, 1.807) is 0 Å². The van der Waals surface area contributed by atoms with Crippen LogP contribution in [0.5, 0.6) is 0 Å². The fourth-order valence-electron chi connectivity index (χ4n) is 1.50. The number of thiocyanates is 1. The Hall–Kier alpha value is -0.640. The summed E-state index contributed by atoms with van der Waals surface area (Å²) in [4.78, 5) is 10.3. The minimum Gasteiger partial charge on any atom is -0.230 e. The SMILES string of the molecule is CC(C)(C)/N=N/C(C)(CC(C)(C)OOC(C)(C)C)SC#N. The molecule has 0 aromatic carbocycles. The molecule has 0 saturated carbocycles. The van der Waals surface area contributed by atoms with E-state index in [2.05, 4.69) is 15.6 Å². The molecule has 21 heavy (non-hydrogen) atoms. The first-order valence-corrected chi connectivity index (χ1v) is 7.88. The molecule has 0 aliphatic rings. The van der Waals surface area contributed by atoms with Gasteiger partial charge in [-0.1, -0.05) is 0 Å². The maximum absolute atomic E-state index is 9.03. The van der Waals surface area contributed by atoms with Crippen molar-refractivity contribution in [1.82, 2.24) is 0 Å². The quantitative estimate of drug-likeness (QED) is 0.296. The summed E-state index contributed by atoms with van der Waals surface area (Å²) in [6.07, 6.45) is 0.508. The summed E-state index contributed by atoms with van der Waals surface area (Å²) in [5.41, 5.74) is -1.24. The van der Waals surface area contributed by atoms with Gasteiger partial charge in [0.2, 0.25) is 0 Å². The van der Waals surface area contributed by atoms with E-state index in [-0.39, 0.29) is 11.1 Å². The molecule has 0 rings (SSSR count). The monoisotopic (exact) mass is 315 g/mol. The van der Waals surface area contributed by atoms with E-state index < -0.39 is 10.5 Å². The third kappa shape index (κ3) is 10.7. The van der Waals surface area contributed by atoms with Gasteiger partial charge in [-0.3, -0.25) is 0 Å². The largest absolute Gasteiger partial charge is 0.230 e. The Bertz CT molecular complexity index is 403. The first-order chi connectivity index (χ1) is 9.18. The number of nitriles is 1. The zero-order chi connectivity index (χ0) is 16.9. The number of hydrogen-bond acceptors (Lipinski definition) is 6. The van der Waals surface area contributed by atoms with Gasteiger partial charge in [-0.05, 0) is 74.1 Å². The summed E-state index contributed by atoms with van der Waals surface area (Å²) >= 11 is 1.09. The van der Waals surface area contributed by atoms with Gasteiger partial charge in [0.05, 0.1) is 11.1 Å². The van der Waals surface area contributed by atoms with Crippen LogP contribution in [0.2, 0.25) is 0 Å². The fraction of sp³-hybridized carbons (Fsp3) is 0.933. The molecule has 0 radical (unpaired) electrons. The zero-order valence-corrected chi connectivity index (χ0v) is 15.6. The molecule has 0 aliphatic heterocycles. The van der Waals surface area contributed by atoms with Gasteiger partial charge in [0.15, 0.2) is 0 Å². The maximum Gasteiger partial charge on any atom is 0.140 e. The van der Waals surface area contributed by atoms with Crippen LogP contribution < -0.4 is 0 Å². The molecule has 1 atom stereocenters. The van der Waals surface area contributed by atoms with Crippen molar-refractivity contribution in [3.8, 4) is 5.40 Å². The topological polar surface area (TPSA) is 67.0 Å². The normalized spacial score (nSPS) is 16.8. The molecule has 5 nitrogen and oxygen atoms in total. The minimum absolute atomic E-state index is 0.274. The van der Waals surface area contributed by atoms with Crippen molar-refractivity contribution < 1.29 is 9.78 Å². The number of thioether (sulfide) groups is 1. The second kappa shape index (κ2) is 7.08. The zero-order valence-electron chi connectivity index (χ0n) is 14.8. The molecule has 0 N–H and O–H groups in total. The molecule has 0 aromatic rings. The van der Waals surface area contributed by atoms with E-state index in [9.17, 15) is 0 Å². The van der Waals surface area contributed by atoms with E-state index in [1.165, 1.54) is 0 Å². The van der Waals surface area contributed by atoms with Crippen LogP contribution >= 0.6 is 11.8 Å². The maximum atomic E-state index is 9.03. The van der Waals surface area contributed by atoms with Gasteiger partial charge >= 0.3 is 0 Å². The Labute approximate surface area is 133 Å². The standard InChI is InChI=1S/C15H29N3O2S/c1-12(2,3)17-18-15(9,21-11-16)10-14(7,8)20-19-13(4,5)6/h10H2,1-9H3/b18-17+. The highest BCUT2D eigenvalue weighted by atomic mass is 32.2. The van der Waals surface area contributed by atoms with Crippen LogP contribution in [-0.4, -0.2) is 21.6 Å². The molecule has 0 bridgehead atoms. The van der Waals surface area contributed by atoms with Gasteiger partial charge in [0.1, 0.15) is 15.9 Å². The molecular weight excluding hydrogens is 286 g/mol. The van der Waals surface area contributed by atoms with Gasteiger partial charge in [0, 0.05) is 6.42 Å². The van der Waals surface area contributed by atoms with E-state index in [4.69, 9.17) is 15.0 Å². The van der Waals surface area contributed by atoms with Gasteiger partial charge in [-0.25, -0.2) is 9.78 Å². The van der Waals surface area contributed by atoms with Gasteiger partial charge < -0.3 is 0 Å². The van der Waals surface area contributed by atoms with Crippen molar-refractivity contribution in [2.45, 2.75) is 90.3 Å². The van der Waals surface area contributed by atoms with Gasteiger partial charge in [-0.15, -0.1) is 0 Å². The van der Waals surface area contributed by atoms with Crippen LogP contribution in [0.1, 0.15) is 68.7 Å². The lowest BCUT2D eigenvalue weighted by atomic mass is 10.00. The molecule has 6 heteroatoms. The number of rotatable bonds is 6. The van der Waals surface area contributed by atoms with Crippen LogP contribution in [0.15, 0.2) is 10.2 Å². The Morgan fingerprint density at radius 3 is 1.81 bits per heavy atom. The average molecular weight is 315 g/mol. The number of azo groups is 1. The van der Waals surface area contributed by atoms with Crippen molar-refractivity contribution in [3.63, 3.8) is 0 Å². The van der Waals surface area contributed by atoms with Gasteiger partial charge in [-0.2, -0.15) is 15.5 Å². The summed E-state index contributed by atoms with van der Waals surface area (Å²) < 4.78 is 0. The summed E-state index contributed by atoms with van der Waals surface area (Å²) in [5, 5.41) is 19.8. The van der Waals surface area contributed by atoms with E-state index >= 15 is 0 Å². The van der Waals surface area contributed by atoms with Crippen molar-refractivity contribution in [2.75, 3.05) is 0 Å². The Morgan fingerprint density at radius 1 is 0.905 bits per heavy atom. The van der Waals surface area contributed by atoms with Crippen molar-refractivity contribution in [3.05, 3.63) is 0 Å².